The van der Waals surface area contributed by atoms with Gasteiger partial charge in [0.1, 0.15) is 6.07 Å². The summed E-state index contributed by atoms with van der Waals surface area (Å²) in [5, 5.41) is 8.83. The fourth-order valence-corrected chi connectivity index (χ4v) is 1.94. The van der Waals surface area contributed by atoms with E-state index in [-0.39, 0.29) is 33.3 Å². The number of carbonyl (C=O) groups excluding carboxylic acids is 1. The van der Waals surface area contributed by atoms with Gasteiger partial charge in [-0.2, -0.15) is 18.4 Å². The van der Waals surface area contributed by atoms with Crippen LogP contribution in [-0.2, 0) is 4.74 Å². The summed E-state index contributed by atoms with van der Waals surface area (Å²) in [5.41, 5.74) is -4.36. The lowest BCUT2D eigenvalue weighted by Gasteiger charge is -2.11. The number of benzene rings is 1. The number of thioether (sulfide) groups is 1. The van der Waals surface area contributed by atoms with Crippen molar-refractivity contribution in [2.24, 2.45) is 0 Å². The molecule has 7 heteroatoms. The molecule has 0 fully saturated rings. The molecule has 0 saturated carbocycles. The van der Waals surface area contributed by atoms with E-state index in [4.69, 9.17) is 5.26 Å². The van der Waals surface area contributed by atoms with Crippen molar-refractivity contribution in [1.82, 2.24) is 0 Å². The maximum Gasteiger partial charge on any atom is 0.446 e. The van der Waals surface area contributed by atoms with Crippen LogP contribution in [0.4, 0.5) is 13.2 Å². The number of ether oxygens (including phenoxy) is 1. The van der Waals surface area contributed by atoms with Crippen molar-refractivity contribution >= 4 is 17.7 Å². The Kier molecular flexibility index (Phi) is 4.24. The van der Waals surface area contributed by atoms with Gasteiger partial charge in [-0.1, -0.05) is 0 Å². The van der Waals surface area contributed by atoms with Crippen LogP contribution in [-0.4, -0.2) is 18.6 Å². The number of aryl methyl sites for hydroxylation is 1. The lowest BCUT2D eigenvalue weighted by molar-refractivity contribution is -0.0328. The first-order chi connectivity index (χ1) is 8.28. The quantitative estimate of drug-likeness (QED) is 0.614. The van der Waals surface area contributed by atoms with Crippen LogP contribution in [0.5, 0.6) is 0 Å². The summed E-state index contributed by atoms with van der Waals surface area (Å²) in [5.74, 6) is -0.752. The van der Waals surface area contributed by atoms with Crippen molar-refractivity contribution in [3.05, 3.63) is 28.8 Å². The highest BCUT2D eigenvalue weighted by Crippen LogP contribution is 2.39. The van der Waals surface area contributed by atoms with Crippen molar-refractivity contribution in [3.8, 4) is 6.07 Å². The summed E-state index contributed by atoms with van der Waals surface area (Å²) >= 11 is -0.318. The summed E-state index contributed by atoms with van der Waals surface area (Å²) in [6.45, 7) is 1.43. The van der Waals surface area contributed by atoms with Gasteiger partial charge < -0.3 is 4.74 Å². The smallest absolute Gasteiger partial charge is 0.446 e. The van der Waals surface area contributed by atoms with Crippen molar-refractivity contribution in [2.45, 2.75) is 17.3 Å². The standard InChI is InChI=1S/C11H8F3NO2S/c1-6-3-8(10(16)17-2)7(5-15)4-9(6)18-11(12,13)14/h3-4H,1-2H3. The number of carbonyl (C=O) groups is 1. The number of nitriles is 1. The Bertz CT molecular complexity index is 520. The highest BCUT2D eigenvalue weighted by atomic mass is 32.2. The molecule has 0 aliphatic heterocycles. The average Bonchev–Trinajstić information content (AvgIpc) is 2.28. The SMILES string of the molecule is COC(=O)c1cc(C)c(SC(F)(F)F)cc1C#N. The van der Waals surface area contributed by atoms with Gasteiger partial charge in [0.15, 0.2) is 0 Å². The second-order valence-corrected chi connectivity index (χ2v) is 4.42. The molecule has 18 heavy (non-hydrogen) atoms. The number of nitrogens with zero attached hydrogens (tertiary/aromatic N) is 1. The van der Waals surface area contributed by atoms with E-state index in [2.05, 4.69) is 4.74 Å². The maximum atomic E-state index is 12.3. The normalized spacial score (nSPS) is 10.9. The third-order valence-corrected chi connectivity index (χ3v) is 2.96. The minimum Gasteiger partial charge on any atom is -0.465 e. The molecule has 0 aromatic heterocycles. The third-order valence-electron chi connectivity index (χ3n) is 2.07. The molecule has 0 saturated heterocycles. The van der Waals surface area contributed by atoms with Gasteiger partial charge >= 0.3 is 11.5 Å². The first-order valence-electron chi connectivity index (χ1n) is 4.67. The van der Waals surface area contributed by atoms with E-state index in [1.807, 2.05) is 0 Å². The van der Waals surface area contributed by atoms with Crippen LogP contribution >= 0.6 is 11.8 Å². The second-order valence-electron chi connectivity index (χ2n) is 3.31. The molecule has 3 nitrogen and oxygen atoms in total. The minimum absolute atomic E-state index is 0.0379. The van der Waals surface area contributed by atoms with Crippen LogP contribution in [0.3, 0.4) is 0 Å². The van der Waals surface area contributed by atoms with E-state index in [9.17, 15) is 18.0 Å². The van der Waals surface area contributed by atoms with E-state index in [1.54, 1.807) is 6.07 Å². The number of hydrogen-bond donors (Lipinski definition) is 0. The number of halogens is 3. The zero-order chi connectivity index (χ0) is 13.9. The van der Waals surface area contributed by atoms with Crippen LogP contribution in [0.1, 0.15) is 21.5 Å². The summed E-state index contributed by atoms with van der Waals surface area (Å²) in [7, 11) is 1.14. The number of methoxy groups -OCH3 is 1. The van der Waals surface area contributed by atoms with Gasteiger partial charge in [0.25, 0.3) is 0 Å². The topological polar surface area (TPSA) is 50.1 Å². The molecular formula is C11H8F3NO2S. The Balaban J connectivity index is 3.28. The Morgan fingerprint density at radius 3 is 2.50 bits per heavy atom. The maximum absolute atomic E-state index is 12.3. The van der Waals surface area contributed by atoms with E-state index in [0.717, 1.165) is 13.2 Å². The second kappa shape index (κ2) is 5.31. The van der Waals surface area contributed by atoms with Gasteiger partial charge in [-0.15, -0.1) is 0 Å². The third kappa shape index (κ3) is 3.40. The Morgan fingerprint density at radius 1 is 1.44 bits per heavy atom. The lowest BCUT2D eigenvalue weighted by Crippen LogP contribution is -2.06. The zero-order valence-corrected chi connectivity index (χ0v) is 10.3. The monoisotopic (exact) mass is 275 g/mol. The molecule has 1 aromatic rings. The molecule has 0 radical (unpaired) electrons. The van der Waals surface area contributed by atoms with Gasteiger partial charge in [-0.3, -0.25) is 0 Å². The van der Waals surface area contributed by atoms with Crippen LogP contribution in [0.2, 0.25) is 0 Å². The van der Waals surface area contributed by atoms with Crippen LogP contribution in [0.25, 0.3) is 0 Å². The van der Waals surface area contributed by atoms with Gasteiger partial charge in [0, 0.05) is 4.90 Å². The highest BCUT2D eigenvalue weighted by molar-refractivity contribution is 8.00. The summed E-state index contributed by atoms with van der Waals surface area (Å²) < 4.78 is 41.3. The molecule has 0 unspecified atom stereocenters. The molecule has 1 rings (SSSR count). The molecule has 0 bridgehead atoms. The van der Waals surface area contributed by atoms with E-state index < -0.39 is 11.5 Å². The Labute approximate surface area is 106 Å². The van der Waals surface area contributed by atoms with Crippen LogP contribution < -0.4 is 0 Å². The van der Waals surface area contributed by atoms with Gasteiger partial charge in [-0.25, -0.2) is 4.79 Å². The van der Waals surface area contributed by atoms with Crippen LogP contribution in [0.15, 0.2) is 17.0 Å². The largest absolute Gasteiger partial charge is 0.465 e. The van der Waals surface area contributed by atoms with E-state index >= 15 is 0 Å². The minimum atomic E-state index is -4.44. The average molecular weight is 275 g/mol. The Hall–Kier alpha value is -1.68. The predicted octanol–water partition coefficient (Wildman–Crippen LogP) is 3.27. The molecule has 0 aliphatic carbocycles. The van der Waals surface area contributed by atoms with Crippen molar-refractivity contribution in [3.63, 3.8) is 0 Å². The van der Waals surface area contributed by atoms with Gasteiger partial charge in [0.2, 0.25) is 0 Å². The lowest BCUT2D eigenvalue weighted by atomic mass is 10.1. The van der Waals surface area contributed by atoms with Crippen molar-refractivity contribution in [1.29, 1.82) is 5.26 Å². The molecule has 0 spiro atoms. The Morgan fingerprint density at radius 2 is 2.06 bits per heavy atom. The highest BCUT2D eigenvalue weighted by Gasteiger charge is 2.30. The molecule has 0 amide bonds. The molecule has 0 heterocycles. The number of alkyl halides is 3. The fraction of sp³-hybridized carbons (Fsp3) is 0.273. The zero-order valence-electron chi connectivity index (χ0n) is 9.46. The molecule has 0 aliphatic rings. The summed E-state index contributed by atoms with van der Waals surface area (Å²) in [6.07, 6.45) is 0. The van der Waals surface area contributed by atoms with Crippen LogP contribution in [0, 0.1) is 18.3 Å². The first kappa shape index (κ1) is 14.4. The number of hydrogen-bond acceptors (Lipinski definition) is 4. The van der Waals surface area contributed by atoms with Crippen molar-refractivity contribution < 1.29 is 22.7 Å². The number of esters is 1. The van der Waals surface area contributed by atoms with Gasteiger partial charge in [0.05, 0.1) is 18.2 Å². The molecular weight excluding hydrogens is 267 g/mol. The predicted molar refractivity (Wildman–Crippen MR) is 59.1 cm³/mol. The fourth-order valence-electron chi connectivity index (χ4n) is 1.29. The molecule has 1 aromatic carbocycles. The molecule has 96 valence electrons. The molecule has 0 atom stereocenters. The first-order valence-corrected chi connectivity index (χ1v) is 5.49. The van der Waals surface area contributed by atoms with Crippen molar-refractivity contribution in [2.75, 3.05) is 7.11 Å². The van der Waals surface area contributed by atoms with E-state index in [1.165, 1.54) is 13.0 Å². The number of rotatable bonds is 2. The van der Waals surface area contributed by atoms with Gasteiger partial charge in [-0.05, 0) is 36.4 Å². The summed E-state index contributed by atoms with van der Waals surface area (Å²) in [6, 6.07) is 3.94. The van der Waals surface area contributed by atoms with E-state index in [0.29, 0.717) is 0 Å². The molecule has 0 N–H and O–H groups in total. The summed E-state index contributed by atoms with van der Waals surface area (Å²) in [4.78, 5) is 11.2.